The van der Waals surface area contributed by atoms with Crippen LogP contribution in [0.4, 0.5) is 5.69 Å². The van der Waals surface area contributed by atoms with Crippen molar-refractivity contribution in [3.63, 3.8) is 0 Å². The van der Waals surface area contributed by atoms with Gasteiger partial charge in [-0.1, -0.05) is 53.5 Å². The first-order valence-corrected chi connectivity index (χ1v) is 8.86. The van der Waals surface area contributed by atoms with Crippen molar-refractivity contribution < 1.29 is 19.5 Å². The highest BCUT2D eigenvalue weighted by atomic mass is 35.5. The second-order valence-corrected chi connectivity index (χ2v) is 6.66. The van der Waals surface area contributed by atoms with Crippen molar-refractivity contribution in [2.75, 3.05) is 5.32 Å². The maximum absolute atomic E-state index is 12.5. The Hall–Kier alpha value is -3.15. The molecule has 0 saturated carbocycles. The van der Waals surface area contributed by atoms with Crippen LogP contribution in [0.1, 0.15) is 36.6 Å². The van der Waals surface area contributed by atoms with E-state index in [1.807, 2.05) is 6.07 Å². The monoisotopic (exact) mass is 413 g/mol. The third-order valence-electron chi connectivity index (χ3n) is 3.98. The van der Waals surface area contributed by atoms with E-state index in [4.69, 9.17) is 23.2 Å². The number of ketones is 1. The SMILES string of the molecule is O=C(c1ccccc1)c1ccc(NC(=O)c2cc(Cl)c(Cl)cc2C(=O)O)cc1. The Morgan fingerprint density at radius 1 is 0.750 bits per heavy atom. The normalized spacial score (nSPS) is 10.4. The number of aromatic carboxylic acids is 1. The Bertz CT molecular complexity index is 1060. The number of amides is 1. The molecule has 3 rings (SSSR count). The highest BCUT2D eigenvalue weighted by molar-refractivity contribution is 6.42. The Labute approximate surface area is 170 Å². The highest BCUT2D eigenvalue weighted by Gasteiger charge is 2.19. The molecular weight excluding hydrogens is 401 g/mol. The van der Waals surface area contributed by atoms with Gasteiger partial charge >= 0.3 is 5.97 Å². The Morgan fingerprint density at radius 3 is 1.86 bits per heavy atom. The molecule has 2 N–H and O–H groups in total. The van der Waals surface area contributed by atoms with Crippen molar-refractivity contribution in [1.29, 1.82) is 0 Å². The second kappa shape index (κ2) is 8.25. The predicted octanol–water partition coefficient (Wildman–Crippen LogP) is 5.17. The van der Waals surface area contributed by atoms with Gasteiger partial charge in [-0.15, -0.1) is 0 Å². The number of hydrogen-bond acceptors (Lipinski definition) is 3. The maximum atomic E-state index is 12.5. The summed E-state index contributed by atoms with van der Waals surface area (Å²) in [5.74, 6) is -2.10. The van der Waals surface area contributed by atoms with E-state index in [-0.39, 0.29) is 27.0 Å². The minimum atomic E-state index is -1.30. The molecule has 5 nitrogen and oxygen atoms in total. The van der Waals surface area contributed by atoms with Gasteiger partial charge in [0.2, 0.25) is 0 Å². The van der Waals surface area contributed by atoms with Crippen molar-refractivity contribution in [2.45, 2.75) is 0 Å². The highest BCUT2D eigenvalue weighted by Crippen LogP contribution is 2.27. The van der Waals surface area contributed by atoms with Gasteiger partial charge in [0.25, 0.3) is 5.91 Å². The third kappa shape index (κ3) is 4.22. The van der Waals surface area contributed by atoms with Gasteiger partial charge in [0, 0.05) is 16.8 Å². The molecule has 0 unspecified atom stereocenters. The molecule has 0 saturated heterocycles. The molecule has 0 spiro atoms. The molecule has 0 aliphatic heterocycles. The minimum absolute atomic E-state index is 0.0411. The zero-order valence-electron chi connectivity index (χ0n) is 14.3. The van der Waals surface area contributed by atoms with Crippen molar-refractivity contribution in [3.8, 4) is 0 Å². The van der Waals surface area contributed by atoms with Gasteiger partial charge in [0.1, 0.15) is 0 Å². The number of rotatable bonds is 5. The molecule has 1 amide bonds. The standard InChI is InChI=1S/C21H13Cl2NO4/c22-17-10-15(16(21(27)28)11-18(17)23)20(26)24-14-8-6-13(7-9-14)19(25)12-4-2-1-3-5-12/h1-11H,(H,24,26)(H,27,28). The molecule has 0 fully saturated rings. The summed E-state index contributed by atoms with van der Waals surface area (Å²) >= 11 is 11.7. The van der Waals surface area contributed by atoms with Crippen LogP contribution in [0.2, 0.25) is 10.0 Å². The van der Waals surface area contributed by atoms with Gasteiger partial charge in [-0.3, -0.25) is 9.59 Å². The summed E-state index contributed by atoms with van der Waals surface area (Å²) in [4.78, 5) is 36.3. The summed E-state index contributed by atoms with van der Waals surface area (Å²) in [5, 5.41) is 12.0. The summed E-state index contributed by atoms with van der Waals surface area (Å²) in [6.45, 7) is 0. The van der Waals surface area contributed by atoms with Gasteiger partial charge in [0.15, 0.2) is 5.78 Å². The first-order valence-electron chi connectivity index (χ1n) is 8.10. The molecule has 0 heterocycles. The minimum Gasteiger partial charge on any atom is -0.478 e. The number of carboxylic acid groups (broad SMARTS) is 1. The maximum Gasteiger partial charge on any atom is 0.336 e. The number of carboxylic acids is 1. The van der Waals surface area contributed by atoms with Gasteiger partial charge in [-0.05, 0) is 36.4 Å². The van der Waals surface area contributed by atoms with Crippen LogP contribution in [0, 0.1) is 0 Å². The van der Waals surface area contributed by atoms with Crippen LogP contribution >= 0.6 is 23.2 Å². The van der Waals surface area contributed by atoms with Crippen LogP contribution < -0.4 is 5.32 Å². The van der Waals surface area contributed by atoms with Gasteiger partial charge < -0.3 is 10.4 Å². The number of nitrogens with one attached hydrogen (secondary N) is 1. The molecule has 28 heavy (non-hydrogen) atoms. The lowest BCUT2D eigenvalue weighted by Gasteiger charge is -2.10. The van der Waals surface area contributed by atoms with Crippen molar-refractivity contribution in [3.05, 3.63) is 99.0 Å². The van der Waals surface area contributed by atoms with E-state index in [1.54, 1.807) is 48.5 Å². The van der Waals surface area contributed by atoms with Crippen LogP contribution in [0.5, 0.6) is 0 Å². The molecule has 0 aliphatic rings. The number of halogens is 2. The van der Waals surface area contributed by atoms with E-state index < -0.39 is 11.9 Å². The number of carbonyl (C=O) groups excluding carboxylic acids is 2. The first-order chi connectivity index (χ1) is 13.4. The average Bonchev–Trinajstić information content (AvgIpc) is 2.70. The zero-order valence-corrected chi connectivity index (χ0v) is 15.8. The topological polar surface area (TPSA) is 83.5 Å². The number of hydrogen-bond donors (Lipinski definition) is 2. The second-order valence-electron chi connectivity index (χ2n) is 5.84. The largest absolute Gasteiger partial charge is 0.478 e. The fraction of sp³-hybridized carbons (Fsp3) is 0. The lowest BCUT2D eigenvalue weighted by molar-refractivity contribution is 0.0692. The Morgan fingerprint density at radius 2 is 1.29 bits per heavy atom. The molecule has 0 atom stereocenters. The molecule has 0 aliphatic carbocycles. The number of carbonyl (C=O) groups is 3. The molecule has 7 heteroatoms. The molecular formula is C21H13Cl2NO4. The number of benzene rings is 3. The molecule has 0 aromatic heterocycles. The van der Waals surface area contributed by atoms with Crippen LogP contribution in [0.25, 0.3) is 0 Å². The lowest BCUT2D eigenvalue weighted by Crippen LogP contribution is -2.16. The van der Waals surface area contributed by atoms with Crippen molar-refractivity contribution >= 4 is 46.5 Å². The molecule has 3 aromatic rings. The van der Waals surface area contributed by atoms with Crippen LogP contribution in [0.15, 0.2) is 66.7 Å². The summed E-state index contributed by atoms with van der Waals surface area (Å²) in [6, 6.07) is 17.4. The fourth-order valence-electron chi connectivity index (χ4n) is 2.57. The van der Waals surface area contributed by atoms with Gasteiger partial charge in [-0.2, -0.15) is 0 Å². The Kier molecular flexibility index (Phi) is 5.78. The van der Waals surface area contributed by atoms with E-state index in [0.29, 0.717) is 16.8 Å². The Balaban J connectivity index is 1.81. The fourth-order valence-corrected chi connectivity index (χ4v) is 2.90. The average molecular weight is 414 g/mol. The summed E-state index contributed by atoms with van der Waals surface area (Å²) in [6.07, 6.45) is 0. The van der Waals surface area contributed by atoms with E-state index in [2.05, 4.69) is 5.32 Å². The van der Waals surface area contributed by atoms with Gasteiger partial charge in [-0.25, -0.2) is 4.79 Å². The zero-order chi connectivity index (χ0) is 20.3. The molecule has 140 valence electrons. The first kappa shape index (κ1) is 19.6. The predicted molar refractivity (Wildman–Crippen MR) is 108 cm³/mol. The quantitative estimate of drug-likeness (QED) is 0.564. The van der Waals surface area contributed by atoms with Gasteiger partial charge in [0.05, 0.1) is 21.2 Å². The summed E-state index contributed by atoms with van der Waals surface area (Å²) in [5.41, 5.74) is 1.04. The van der Waals surface area contributed by atoms with E-state index in [1.165, 1.54) is 6.07 Å². The third-order valence-corrected chi connectivity index (χ3v) is 4.70. The molecule has 3 aromatic carbocycles. The smallest absolute Gasteiger partial charge is 0.336 e. The van der Waals surface area contributed by atoms with Crippen LogP contribution in [-0.2, 0) is 0 Å². The summed E-state index contributed by atoms with van der Waals surface area (Å²) in [7, 11) is 0. The van der Waals surface area contributed by atoms with E-state index in [9.17, 15) is 19.5 Å². The lowest BCUT2D eigenvalue weighted by atomic mass is 10.0. The van der Waals surface area contributed by atoms with Crippen molar-refractivity contribution in [1.82, 2.24) is 0 Å². The van der Waals surface area contributed by atoms with Crippen LogP contribution in [0.3, 0.4) is 0 Å². The number of anilines is 1. The van der Waals surface area contributed by atoms with E-state index >= 15 is 0 Å². The van der Waals surface area contributed by atoms with Crippen molar-refractivity contribution in [2.24, 2.45) is 0 Å². The van der Waals surface area contributed by atoms with Crippen LogP contribution in [-0.4, -0.2) is 22.8 Å². The molecule has 0 radical (unpaired) electrons. The van der Waals surface area contributed by atoms with E-state index in [0.717, 1.165) is 6.07 Å². The summed E-state index contributed by atoms with van der Waals surface area (Å²) < 4.78 is 0. The molecule has 0 bridgehead atoms.